The topological polar surface area (TPSA) is 71.3 Å². The summed E-state index contributed by atoms with van der Waals surface area (Å²) in [5.41, 5.74) is 10.5. The van der Waals surface area contributed by atoms with Gasteiger partial charge in [0.25, 0.3) is 5.91 Å². The summed E-state index contributed by atoms with van der Waals surface area (Å²) < 4.78 is 0. The van der Waals surface area contributed by atoms with Gasteiger partial charge in [0.05, 0.1) is 49.1 Å². The van der Waals surface area contributed by atoms with E-state index in [0.29, 0.717) is 4.88 Å². The van der Waals surface area contributed by atoms with Crippen LogP contribution in [0.4, 0.5) is 0 Å². The van der Waals surface area contributed by atoms with Crippen LogP contribution >= 0.6 is 34.0 Å². The van der Waals surface area contributed by atoms with Gasteiger partial charge in [-0.25, -0.2) is 20.0 Å². The number of rotatable bonds is 3. The molecule has 0 N–H and O–H groups in total. The minimum absolute atomic E-state index is 0.0666. The van der Waals surface area contributed by atoms with Gasteiger partial charge in [0, 0.05) is 5.92 Å². The second-order valence-electron chi connectivity index (χ2n) is 7.62. The normalized spacial score (nSPS) is 22.4. The molecule has 5 rings (SSSR count). The van der Waals surface area contributed by atoms with Crippen molar-refractivity contribution in [2.24, 2.45) is 11.0 Å². The van der Waals surface area contributed by atoms with E-state index in [4.69, 9.17) is 5.10 Å². The summed E-state index contributed by atoms with van der Waals surface area (Å²) in [6.07, 6.45) is 5.30. The van der Waals surface area contributed by atoms with E-state index in [9.17, 15) is 4.79 Å². The number of hydrogen-bond acceptors (Lipinski definition) is 8. The fourth-order valence-corrected chi connectivity index (χ4v) is 6.68. The van der Waals surface area contributed by atoms with Crippen LogP contribution in [0.15, 0.2) is 27.2 Å². The molecular weight excluding hydrogens is 434 g/mol. The number of carbonyl (C=O) groups is 1. The molecule has 154 valence electrons. The molecule has 3 aromatic rings. The van der Waals surface area contributed by atoms with Gasteiger partial charge in [0.15, 0.2) is 0 Å². The van der Waals surface area contributed by atoms with Gasteiger partial charge in [-0.2, -0.15) is 5.10 Å². The number of fused-ring (bicyclic) bond motifs is 1. The highest BCUT2D eigenvalue weighted by atomic mass is 32.1. The quantitative estimate of drug-likeness (QED) is 0.529. The lowest BCUT2D eigenvalue weighted by Crippen LogP contribution is -2.31. The number of nitrogens with zero attached hydrogens (tertiary/aromatic N) is 5. The highest BCUT2D eigenvalue weighted by molar-refractivity contribution is 7.12. The average Bonchev–Trinajstić information content (AvgIpc) is 3.50. The van der Waals surface area contributed by atoms with Crippen molar-refractivity contribution in [1.29, 1.82) is 0 Å². The van der Waals surface area contributed by atoms with Crippen LogP contribution in [-0.4, -0.2) is 31.6 Å². The third-order valence-corrected chi connectivity index (χ3v) is 8.58. The summed E-state index contributed by atoms with van der Waals surface area (Å²) in [4.78, 5) is 29.6. The fraction of sp³-hybridized carbons (Fsp3) is 0.381. The smallest absolute Gasteiger partial charge is 0.266 e. The van der Waals surface area contributed by atoms with Gasteiger partial charge >= 0.3 is 0 Å². The molecule has 6 nitrogen and oxygen atoms in total. The van der Waals surface area contributed by atoms with Gasteiger partial charge < -0.3 is 0 Å². The lowest BCUT2D eigenvalue weighted by molar-refractivity contribution is 0.0687. The summed E-state index contributed by atoms with van der Waals surface area (Å²) in [5, 5.41) is 6.66. The van der Waals surface area contributed by atoms with E-state index in [-0.39, 0.29) is 17.9 Å². The molecule has 1 aliphatic carbocycles. The van der Waals surface area contributed by atoms with E-state index < -0.39 is 0 Å². The van der Waals surface area contributed by atoms with E-state index in [1.54, 1.807) is 33.2 Å². The van der Waals surface area contributed by atoms with Crippen LogP contribution < -0.4 is 0 Å². The Hall–Kier alpha value is -2.23. The van der Waals surface area contributed by atoms with Crippen LogP contribution in [0.25, 0.3) is 6.08 Å². The number of allylic oxidation sites excluding steroid dienone is 1. The molecule has 0 radical (unpaired) electrons. The molecule has 1 fully saturated rings. The Labute approximate surface area is 187 Å². The average molecular weight is 456 g/mol. The van der Waals surface area contributed by atoms with Crippen LogP contribution in [0.2, 0.25) is 0 Å². The largest absolute Gasteiger partial charge is 0.286 e. The molecule has 4 heterocycles. The molecule has 0 unspecified atom stereocenters. The van der Waals surface area contributed by atoms with E-state index in [0.717, 1.165) is 46.9 Å². The first-order valence-electron chi connectivity index (χ1n) is 9.87. The Morgan fingerprint density at radius 1 is 1.03 bits per heavy atom. The lowest BCUT2D eigenvalue weighted by Gasteiger charge is -2.28. The summed E-state index contributed by atoms with van der Waals surface area (Å²) >= 11 is 4.65. The van der Waals surface area contributed by atoms with Crippen molar-refractivity contribution < 1.29 is 4.79 Å². The minimum Gasteiger partial charge on any atom is -0.266 e. The fourth-order valence-electron chi connectivity index (χ4n) is 4.24. The maximum atomic E-state index is 13.5. The molecule has 2 atom stereocenters. The molecule has 0 spiro atoms. The highest BCUT2D eigenvalue weighted by Crippen LogP contribution is 2.47. The Kier molecular flexibility index (Phi) is 5.12. The first-order chi connectivity index (χ1) is 14.5. The lowest BCUT2D eigenvalue weighted by atomic mass is 9.79. The Balaban J connectivity index is 1.61. The van der Waals surface area contributed by atoms with Crippen LogP contribution in [0.3, 0.4) is 0 Å². The molecule has 30 heavy (non-hydrogen) atoms. The SMILES string of the molecule is Cc1ncsc1/C=C1\CCC[C@@H]2C1=NN(C(=O)c1scnc1C)[C@@H]2c1scnc1C. The van der Waals surface area contributed by atoms with Crippen LogP contribution in [0.5, 0.6) is 0 Å². The number of thiazole rings is 3. The summed E-state index contributed by atoms with van der Waals surface area (Å²) in [7, 11) is 0. The van der Waals surface area contributed by atoms with E-state index in [1.165, 1.54) is 21.8 Å². The predicted octanol–water partition coefficient (Wildman–Crippen LogP) is 5.42. The van der Waals surface area contributed by atoms with Gasteiger partial charge in [-0.05, 0) is 51.7 Å². The Morgan fingerprint density at radius 2 is 1.77 bits per heavy atom. The molecular formula is C21H21N5OS3. The Morgan fingerprint density at radius 3 is 2.43 bits per heavy atom. The van der Waals surface area contributed by atoms with Gasteiger partial charge in [-0.3, -0.25) is 4.79 Å². The maximum absolute atomic E-state index is 13.5. The zero-order valence-electron chi connectivity index (χ0n) is 17.0. The second-order valence-corrected chi connectivity index (χ2v) is 10.2. The van der Waals surface area contributed by atoms with Crippen LogP contribution in [0, 0.1) is 26.7 Å². The third-order valence-electron chi connectivity index (χ3n) is 5.79. The van der Waals surface area contributed by atoms with Crippen molar-refractivity contribution in [1.82, 2.24) is 20.0 Å². The van der Waals surface area contributed by atoms with Crippen molar-refractivity contribution >= 4 is 51.7 Å². The van der Waals surface area contributed by atoms with Crippen LogP contribution in [0.1, 0.15) is 61.8 Å². The van der Waals surface area contributed by atoms with Crippen molar-refractivity contribution in [2.45, 2.75) is 46.1 Å². The Bertz CT molecular complexity index is 1170. The first-order valence-corrected chi connectivity index (χ1v) is 12.5. The van der Waals surface area contributed by atoms with Crippen LogP contribution in [-0.2, 0) is 0 Å². The van der Waals surface area contributed by atoms with Gasteiger partial charge in [0.2, 0.25) is 0 Å². The second kappa shape index (κ2) is 7.79. The van der Waals surface area contributed by atoms with Gasteiger partial charge in [-0.1, -0.05) is 0 Å². The maximum Gasteiger partial charge on any atom is 0.286 e. The van der Waals surface area contributed by atoms with Crippen molar-refractivity contribution in [3.05, 3.63) is 53.8 Å². The van der Waals surface area contributed by atoms with Crippen molar-refractivity contribution in [3.63, 3.8) is 0 Å². The van der Waals surface area contributed by atoms with E-state index >= 15 is 0 Å². The zero-order chi connectivity index (χ0) is 20.8. The van der Waals surface area contributed by atoms with E-state index in [2.05, 4.69) is 21.0 Å². The van der Waals surface area contributed by atoms with Crippen molar-refractivity contribution in [3.8, 4) is 0 Å². The summed E-state index contributed by atoms with van der Waals surface area (Å²) in [6, 6.07) is -0.104. The van der Waals surface area contributed by atoms with Crippen molar-refractivity contribution in [2.75, 3.05) is 0 Å². The number of carbonyl (C=O) groups excluding carboxylic acids is 1. The predicted molar refractivity (Wildman–Crippen MR) is 122 cm³/mol. The summed E-state index contributed by atoms with van der Waals surface area (Å²) in [5.74, 6) is 0.123. The van der Waals surface area contributed by atoms with Gasteiger partial charge in [0.1, 0.15) is 10.9 Å². The molecule has 1 aliphatic heterocycles. The number of aryl methyl sites for hydroxylation is 3. The van der Waals surface area contributed by atoms with Gasteiger partial charge in [-0.15, -0.1) is 34.0 Å². The molecule has 0 saturated heterocycles. The number of hydrazone groups is 1. The number of amides is 1. The highest BCUT2D eigenvalue weighted by Gasteiger charge is 2.45. The first kappa shape index (κ1) is 19.7. The molecule has 0 aromatic carbocycles. The zero-order valence-corrected chi connectivity index (χ0v) is 19.4. The molecule has 3 aromatic heterocycles. The third kappa shape index (κ3) is 3.25. The van der Waals surface area contributed by atoms with E-state index in [1.807, 2.05) is 31.8 Å². The molecule has 1 amide bonds. The molecule has 0 bridgehead atoms. The molecule has 1 saturated carbocycles. The molecule has 2 aliphatic rings. The minimum atomic E-state index is -0.104. The number of hydrogen-bond donors (Lipinski definition) is 0. The number of aromatic nitrogens is 3. The molecule has 9 heteroatoms. The summed E-state index contributed by atoms with van der Waals surface area (Å²) in [6.45, 7) is 5.93. The standard InChI is InChI=1S/C21H21N5OS3/c1-11-16(28-8-22-11)7-14-5-4-6-15-17(14)25-26(18(15)19-12(2)23-9-29-19)21(27)20-13(3)24-10-30-20/h7-10,15,18H,4-6H2,1-3H3/b14-7+/t15-,18+/m1/s1. The monoisotopic (exact) mass is 455 g/mol.